The first kappa shape index (κ1) is 16.5. The van der Waals surface area contributed by atoms with E-state index in [1.165, 1.54) is 0 Å². The number of hydrogen-bond donors (Lipinski definition) is 2. The number of anilines is 1. The molecule has 0 saturated carbocycles. The highest BCUT2D eigenvalue weighted by Gasteiger charge is 2.61. The van der Waals surface area contributed by atoms with Gasteiger partial charge in [-0.1, -0.05) is 0 Å². The predicted octanol–water partition coefficient (Wildman–Crippen LogP) is 2.14. The maximum absolute atomic E-state index is 13.4. The summed E-state index contributed by atoms with van der Waals surface area (Å²) in [5.41, 5.74) is 2.24. The molecule has 2 bridgehead atoms. The zero-order valence-corrected chi connectivity index (χ0v) is 15.5. The van der Waals surface area contributed by atoms with Crippen LogP contribution in [0, 0.1) is 5.41 Å². The van der Waals surface area contributed by atoms with Gasteiger partial charge >= 0.3 is 0 Å². The molecule has 0 unspecified atom stereocenters. The topological polar surface area (TPSA) is 99.9 Å². The highest BCUT2D eigenvalue weighted by atomic mass is 32.1. The lowest BCUT2D eigenvalue weighted by atomic mass is 9.70. The van der Waals surface area contributed by atoms with Crippen molar-refractivity contribution in [1.82, 2.24) is 25.3 Å². The number of hydrogen-bond acceptors (Lipinski definition) is 7. The van der Waals surface area contributed by atoms with Gasteiger partial charge in [-0.05, 0) is 19.3 Å². The number of nitrogens with zero attached hydrogens (tertiary/aromatic N) is 4. The Morgan fingerprint density at radius 2 is 2.33 bits per heavy atom. The SMILES string of the molecule is O=C(NCc1ncc[nH]1)[C@@]1(Cc2cscn2)C[C@H]2CC[C@@H]1N2c1ncco1. The number of nitrogens with one attached hydrogen (secondary N) is 2. The second-order valence-electron chi connectivity index (χ2n) is 7.20. The number of carbonyl (C=O) groups excluding carboxylic acids is 1. The maximum atomic E-state index is 13.4. The number of carbonyl (C=O) groups is 1. The summed E-state index contributed by atoms with van der Waals surface area (Å²) in [6.07, 6.45) is 10.1. The van der Waals surface area contributed by atoms with Crippen molar-refractivity contribution in [3.8, 4) is 0 Å². The first-order valence-corrected chi connectivity index (χ1v) is 10.0. The average molecular weight is 384 g/mol. The summed E-state index contributed by atoms with van der Waals surface area (Å²) in [6.45, 7) is 0.390. The van der Waals surface area contributed by atoms with Crippen LogP contribution in [0.5, 0.6) is 0 Å². The van der Waals surface area contributed by atoms with Crippen molar-refractivity contribution in [2.75, 3.05) is 4.90 Å². The van der Waals surface area contributed by atoms with Crippen LogP contribution < -0.4 is 10.2 Å². The Balaban J connectivity index is 1.45. The van der Waals surface area contributed by atoms with E-state index in [0.29, 0.717) is 19.0 Å². The third kappa shape index (κ3) is 2.73. The molecule has 2 aliphatic heterocycles. The van der Waals surface area contributed by atoms with Crippen molar-refractivity contribution in [3.63, 3.8) is 0 Å². The Kier molecular flexibility index (Phi) is 3.96. The van der Waals surface area contributed by atoms with Gasteiger partial charge < -0.3 is 19.6 Å². The molecule has 8 nitrogen and oxygen atoms in total. The molecule has 3 aromatic rings. The van der Waals surface area contributed by atoms with Gasteiger partial charge in [-0.3, -0.25) is 4.79 Å². The van der Waals surface area contributed by atoms with Crippen LogP contribution in [0.15, 0.2) is 40.2 Å². The monoisotopic (exact) mass is 384 g/mol. The van der Waals surface area contributed by atoms with Gasteiger partial charge in [-0.25, -0.2) is 15.0 Å². The Morgan fingerprint density at radius 3 is 3.07 bits per heavy atom. The van der Waals surface area contributed by atoms with Crippen LogP contribution in [0.2, 0.25) is 0 Å². The Morgan fingerprint density at radius 1 is 1.37 bits per heavy atom. The molecule has 2 N–H and O–H groups in total. The Hall–Kier alpha value is -2.68. The highest BCUT2D eigenvalue weighted by molar-refractivity contribution is 7.07. The largest absolute Gasteiger partial charge is 0.432 e. The highest BCUT2D eigenvalue weighted by Crippen LogP contribution is 2.53. The fraction of sp³-hybridized carbons (Fsp3) is 0.444. The van der Waals surface area contributed by atoms with Crippen LogP contribution in [0.1, 0.15) is 30.8 Å². The number of H-pyrrole nitrogens is 1. The van der Waals surface area contributed by atoms with Gasteiger partial charge in [0.15, 0.2) is 0 Å². The second-order valence-corrected chi connectivity index (χ2v) is 7.92. The molecule has 140 valence electrons. The van der Waals surface area contributed by atoms with E-state index in [1.54, 1.807) is 36.2 Å². The zero-order valence-electron chi connectivity index (χ0n) is 14.7. The molecule has 0 aromatic carbocycles. The van der Waals surface area contributed by atoms with Gasteiger partial charge in [0, 0.05) is 36.3 Å². The van der Waals surface area contributed by atoms with Crippen LogP contribution in [0.4, 0.5) is 6.01 Å². The first-order chi connectivity index (χ1) is 13.3. The quantitative estimate of drug-likeness (QED) is 0.675. The van der Waals surface area contributed by atoms with Gasteiger partial charge in [0.2, 0.25) is 5.91 Å². The standard InChI is InChI=1S/C18H20N6O2S/c25-16(22-9-15-19-3-4-20-15)18(7-12-10-27-11-23-12)8-13-1-2-14(18)24(13)17-21-5-6-26-17/h3-6,10-11,13-14H,1-2,7-9H2,(H,19,20)(H,22,25)/t13-,14+,18+/m1/s1. The van der Waals surface area contributed by atoms with Gasteiger partial charge in [0.1, 0.15) is 12.1 Å². The summed E-state index contributed by atoms with van der Waals surface area (Å²) in [5.74, 6) is 0.801. The fourth-order valence-electron chi connectivity index (χ4n) is 4.71. The Labute approximate surface area is 160 Å². The van der Waals surface area contributed by atoms with Crippen LogP contribution in [-0.4, -0.2) is 37.9 Å². The molecule has 0 radical (unpaired) electrons. The number of fused-ring (bicyclic) bond motifs is 2. The van der Waals surface area contributed by atoms with Crippen molar-refractivity contribution >= 4 is 23.3 Å². The molecule has 5 rings (SSSR count). The summed E-state index contributed by atoms with van der Waals surface area (Å²) in [6, 6.07) is 0.933. The minimum absolute atomic E-state index is 0.0515. The summed E-state index contributed by atoms with van der Waals surface area (Å²) in [5, 5.41) is 5.13. The summed E-state index contributed by atoms with van der Waals surface area (Å²) < 4.78 is 5.58. The molecule has 3 atom stereocenters. The number of imidazole rings is 1. The maximum Gasteiger partial charge on any atom is 0.297 e. The van der Waals surface area contributed by atoms with Gasteiger partial charge in [0.05, 0.1) is 29.4 Å². The molecule has 5 heterocycles. The molecule has 3 aromatic heterocycles. The summed E-state index contributed by atoms with van der Waals surface area (Å²) >= 11 is 1.56. The molecule has 2 saturated heterocycles. The summed E-state index contributed by atoms with van der Waals surface area (Å²) in [7, 11) is 0. The van der Waals surface area contributed by atoms with Crippen LogP contribution >= 0.6 is 11.3 Å². The number of rotatable bonds is 6. The smallest absolute Gasteiger partial charge is 0.297 e. The first-order valence-electron chi connectivity index (χ1n) is 9.08. The van der Waals surface area contributed by atoms with Gasteiger partial charge in [-0.15, -0.1) is 11.3 Å². The van der Waals surface area contributed by atoms with Crippen LogP contribution in [-0.2, 0) is 17.8 Å². The summed E-state index contributed by atoms with van der Waals surface area (Å²) in [4.78, 5) is 31.7. The van der Waals surface area contributed by atoms with E-state index in [4.69, 9.17) is 4.42 Å². The van der Waals surface area contributed by atoms with Gasteiger partial charge in [0.25, 0.3) is 6.01 Å². The lowest BCUT2D eigenvalue weighted by molar-refractivity contribution is -0.132. The van der Waals surface area contributed by atoms with Gasteiger partial charge in [-0.2, -0.15) is 0 Å². The number of thiazole rings is 1. The second kappa shape index (κ2) is 6.49. The van der Waals surface area contributed by atoms with E-state index < -0.39 is 5.41 Å². The third-order valence-corrected chi connectivity index (χ3v) is 6.42. The fourth-order valence-corrected chi connectivity index (χ4v) is 5.27. The molecule has 9 heteroatoms. The Bertz CT molecular complexity index is 895. The van der Waals surface area contributed by atoms with Crippen LogP contribution in [0.3, 0.4) is 0 Å². The number of aromatic amines is 1. The normalized spacial score (nSPS) is 26.6. The average Bonchev–Trinajstić information content (AvgIpc) is 3.49. The molecule has 1 amide bonds. The van der Waals surface area contributed by atoms with Crippen molar-refractivity contribution in [2.45, 2.75) is 44.3 Å². The third-order valence-electron chi connectivity index (χ3n) is 5.78. The molecular weight excluding hydrogens is 364 g/mol. The molecule has 27 heavy (non-hydrogen) atoms. The van der Waals surface area contributed by atoms with E-state index >= 15 is 0 Å². The van der Waals surface area contributed by atoms with Crippen LogP contribution in [0.25, 0.3) is 0 Å². The molecule has 2 fully saturated rings. The number of aromatic nitrogens is 4. The lowest BCUT2D eigenvalue weighted by Crippen LogP contribution is -2.50. The predicted molar refractivity (Wildman–Crippen MR) is 99.1 cm³/mol. The van der Waals surface area contributed by atoms with E-state index in [1.807, 2.05) is 10.9 Å². The van der Waals surface area contributed by atoms with Crippen molar-refractivity contribution in [3.05, 3.63) is 47.3 Å². The minimum Gasteiger partial charge on any atom is -0.432 e. The van der Waals surface area contributed by atoms with E-state index in [0.717, 1.165) is 30.8 Å². The van der Waals surface area contributed by atoms with Crippen molar-refractivity contribution in [2.24, 2.45) is 5.41 Å². The minimum atomic E-state index is -0.544. The van der Waals surface area contributed by atoms with Crippen molar-refractivity contribution < 1.29 is 9.21 Å². The van der Waals surface area contributed by atoms with E-state index in [9.17, 15) is 4.79 Å². The molecule has 0 aliphatic carbocycles. The number of oxazole rings is 1. The number of amides is 1. The lowest BCUT2D eigenvalue weighted by Gasteiger charge is -2.35. The van der Waals surface area contributed by atoms with E-state index in [-0.39, 0.29) is 18.0 Å². The molecule has 2 aliphatic rings. The molecule has 0 spiro atoms. The molecular formula is C18H20N6O2S. The zero-order chi connectivity index (χ0) is 18.3. The van der Waals surface area contributed by atoms with Crippen molar-refractivity contribution in [1.29, 1.82) is 0 Å². The van der Waals surface area contributed by atoms with E-state index in [2.05, 4.69) is 30.2 Å².